The van der Waals surface area contributed by atoms with Gasteiger partial charge in [0.05, 0.1) is 0 Å². The molecule has 0 aliphatic carbocycles. The standard InChI is InChI=1S/C31H28/c1-21-25-18-12-11-17-24(25)19-28-26(21)20-27(22-13-7-5-8-14-22)30(31(2,3)4)29(28)23-15-9-6-10-16-23/h5-20H,1-4H3. The van der Waals surface area contributed by atoms with E-state index in [9.17, 15) is 0 Å². The largest absolute Gasteiger partial charge is 0.0622 e. The fourth-order valence-corrected chi connectivity index (χ4v) is 4.95. The molecule has 0 heterocycles. The molecule has 0 saturated carbocycles. The summed E-state index contributed by atoms with van der Waals surface area (Å²) < 4.78 is 0. The van der Waals surface area contributed by atoms with Crippen molar-refractivity contribution < 1.29 is 0 Å². The van der Waals surface area contributed by atoms with E-state index >= 15 is 0 Å². The van der Waals surface area contributed by atoms with Gasteiger partial charge in [-0.1, -0.05) is 106 Å². The molecule has 0 heteroatoms. The minimum absolute atomic E-state index is 0.00983. The van der Waals surface area contributed by atoms with E-state index in [2.05, 4.69) is 125 Å². The second-order valence-corrected chi connectivity index (χ2v) is 9.47. The van der Waals surface area contributed by atoms with Gasteiger partial charge in [-0.2, -0.15) is 0 Å². The summed E-state index contributed by atoms with van der Waals surface area (Å²) in [6, 6.07) is 35.3. The van der Waals surface area contributed by atoms with Gasteiger partial charge in [-0.15, -0.1) is 0 Å². The highest BCUT2D eigenvalue weighted by molar-refractivity contribution is 6.11. The van der Waals surface area contributed by atoms with Crippen LogP contribution in [0, 0.1) is 6.92 Å². The zero-order valence-electron chi connectivity index (χ0n) is 18.7. The molecule has 0 fully saturated rings. The van der Waals surface area contributed by atoms with Gasteiger partial charge >= 0.3 is 0 Å². The predicted molar refractivity (Wildman–Crippen MR) is 136 cm³/mol. The van der Waals surface area contributed by atoms with Crippen LogP contribution < -0.4 is 0 Å². The highest BCUT2D eigenvalue weighted by Gasteiger charge is 2.26. The molecule has 5 rings (SSSR count). The molecule has 0 atom stereocenters. The van der Waals surface area contributed by atoms with Crippen LogP contribution in [0.25, 0.3) is 43.8 Å². The van der Waals surface area contributed by atoms with Crippen LogP contribution in [0.15, 0.2) is 97.1 Å². The zero-order chi connectivity index (χ0) is 21.6. The SMILES string of the molecule is Cc1c2ccccc2cc2c(-c3ccccc3)c(C(C)(C)C)c(-c3ccccc3)cc12. The average Bonchev–Trinajstić information content (AvgIpc) is 2.79. The Labute approximate surface area is 185 Å². The third kappa shape index (κ3) is 3.33. The van der Waals surface area contributed by atoms with E-state index in [0.717, 1.165) is 0 Å². The Morgan fingerprint density at radius 2 is 1.13 bits per heavy atom. The molecule has 152 valence electrons. The van der Waals surface area contributed by atoms with Gasteiger partial charge in [0.1, 0.15) is 0 Å². The molecule has 5 aromatic carbocycles. The lowest BCUT2D eigenvalue weighted by Crippen LogP contribution is -2.15. The molecule has 0 saturated heterocycles. The molecule has 0 aromatic heterocycles. The number of fused-ring (bicyclic) bond motifs is 2. The van der Waals surface area contributed by atoms with Gasteiger partial charge in [0.25, 0.3) is 0 Å². The highest BCUT2D eigenvalue weighted by Crippen LogP contribution is 2.46. The van der Waals surface area contributed by atoms with E-state index in [1.165, 1.54) is 54.9 Å². The third-order valence-corrected chi connectivity index (χ3v) is 6.33. The molecule has 0 nitrogen and oxygen atoms in total. The number of rotatable bonds is 2. The summed E-state index contributed by atoms with van der Waals surface area (Å²) in [7, 11) is 0. The maximum atomic E-state index is 2.43. The monoisotopic (exact) mass is 400 g/mol. The summed E-state index contributed by atoms with van der Waals surface area (Å²) in [6.07, 6.45) is 0. The lowest BCUT2D eigenvalue weighted by atomic mass is 9.74. The molecule has 0 amide bonds. The quantitative estimate of drug-likeness (QED) is 0.259. The first-order valence-electron chi connectivity index (χ1n) is 11.1. The van der Waals surface area contributed by atoms with E-state index in [-0.39, 0.29) is 5.41 Å². The molecule has 0 bridgehead atoms. The Hall–Kier alpha value is -3.38. The first-order valence-corrected chi connectivity index (χ1v) is 11.1. The van der Waals surface area contributed by atoms with Crippen molar-refractivity contribution in [2.75, 3.05) is 0 Å². The molecule has 0 spiro atoms. The number of benzene rings is 5. The smallest absolute Gasteiger partial charge is 0.00614 e. The van der Waals surface area contributed by atoms with Crippen molar-refractivity contribution in [3.63, 3.8) is 0 Å². The zero-order valence-corrected chi connectivity index (χ0v) is 18.7. The summed E-state index contributed by atoms with van der Waals surface area (Å²) in [4.78, 5) is 0. The van der Waals surface area contributed by atoms with E-state index in [0.29, 0.717) is 0 Å². The van der Waals surface area contributed by atoms with Crippen molar-refractivity contribution in [3.05, 3.63) is 108 Å². The maximum Gasteiger partial charge on any atom is -0.00614 e. The molecular weight excluding hydrogens is 372 g/mol. The van der Waals surface area contributed by atoms with Crippen LogP contribution in [-0.2, 0) is 5.41 Å². The lowest BCUT2D eigenvalue weighted by Gasteiger charge is -2.29. The normalized spacial score (nSPS) is 11.9. The van der Waals surface area contributed by atoms with Crippen molar-refractivity contribution in [2.24, 2.45) is 0 Å². The number of aryl methyl sites for hydroxylation is 1. The van der Waals surface area contributed by atoms with Crippen molar-refractivity contribution in [1.29, 1.82) is 0 Å². The number of hydrogen-bond acceptors (Lipinski definition) is 0. The molecule has 0 aliphatic rings. The highest BCUT2D eigenvalue weighted by atomic mass is 14.3. The lowest BCUT2D eigenvalue weighted by molar-refractivity contribution is 0.594. The Morgan fingerprint density at radius 1 is 0.548 bits per heavy atom. The van der Waals surface area contributed by atoms with Crippen LogP contribution in [-0.4, -0.2) is 0 Å². The van der Waals surface area contributed by atoms with E-state index in [4.69, 9.17) is 0 Å². The summed E-state index contributed by atoms with van der Waals surface area (Å²) in [6.45, 7) is 9.27. The molecule has 0 unspecified atom stereocenters. The van der Waals surface area contributed by atoms with Gasteiger partial charge in [-0.25, -0.2) is 0 Å². The molecule has 5 aromatic rings. The first-order chi connectivity index (χ1) is 14.9. The second kappa shape index (κ2) is 7.39. The minimum atomic E-state index is -0.00983. The first kappa shape index (κ1) is 19.6. The van der Waals surface area contributed by atoms with Gasteiger partial charge in [0.15, 0.2) is 0 Å². The predicted octanol–water partition coefficient (Wildman–Crippen LogP) is 8.93. The van der Waals surface area contributed by atoms with Crippen molar-refractivity contribution in [1.82, 2.24) is 0 Å². The summed E-state index contributed by atoms with van der Waals surface area (Å²) in [5.74, 6) is 0. The van der Waals surface area contributed by atoms with Crippen LogP contribution in [0.5, 0.6) is 0 Å². The van der Waals surface area contributed by atoms with Crippen LogP contribution in [0.4, 0.5) is 0 Å². The van der Waals surface area contributed by atoms with Gasteiger partial charge in [-0.05, 0) is 79.4 Å². The van der Waals surface area contributed by atoms with Crippen LogP contribution in [0.2, 0.25) is 0 Å². The fourth-order valence-electron chi connectivity index (χ4n) is 4.95. The third-order valence-electron chi connectivity index (χ3n) is 6.33. The Morgan fingerprint density at radius 3 is 1.77 bits per heavy atom. The summed E-state index contributed by atoms with van der Waals surface area (Å²) >= 11 is 0. The minimum Gasteiger partial charge on any atom is -0.0622 e. The Kier molecular flexibility index (Phi) is 4.67. The van der Waals surface area contributed by atoms with E-state index in [1.807, 2.05) is 0 Å². The maximum absolute atomic E-state index is 2.43. The van der Waals surface area contributed by atoms with Crippen LogP contribution >= 0.6 is 0 Å². The van der Waals surface area contributed by atoms with E-state index < -0.39 is 0 Å². The van der Waals surface area contributed by atoms with Gasteiger partial charge in [-0.3, -0.25) is 0 Å². The Balaban J connectivity index is 2.05. The van der Waals surface area contributed by atoms with Gasteiger partial charge in [0, 0.05) is 0 Å². The van der Waals surface area contributed by atoms with Crippen molar-refractivity contribution in [2.45, 2.75) is 33.1 Å². The van der Waals surface area contributed by atoms with E-state index in [1.54, 1.807) is 0 Å². The molecule has 0 N–H and O–H groups in total. The van der Waals surface area contributed by atoms with Crippen molar-refractivity contribution in [3.8, 4) is 22.3 Å². The summed E-state index contributed by atoms with van der Waals surface area (Å²) in [5, 5.41) is 5.31. The van der Waals surface area contributed by atoms with Crippen LogP contribution in [0.3, 0.4) is 0 Å². The molecule has 0 radical (unpaired) electrons. The van der Waals surface area contributed by atoms with Gasteiger partial charge < -0.3 is 0 Å². The molecule has 0 aliphatic heterocycles. The molecular formula is C31H28. The summed E-state index contributed by atoms with van der Waals surface area (Å²) in [5.41, 5.74) is 8.00. The topological polar surface area (TPSA) is 0 Å². The number of hydrogen-bond donors (Lipinski definition) is 0. The average molecular weight is 401 g/mol. The van der Waals surface area contributed by atoms with Crippen LogP contribution in [0.1, 0.15) is 31.9 Å². The van der Waals surface area contributed by atoms with Gasteiger partial charge in [0.2, 0.25) is 0 Å². The van der Waals surface area contributed by atoms with Crippen molar-refractivity contribution >= 4 is 21.5 Å². The fraction of sp³-hybridized carbons (Fsp3) is 0.161. The second-order valence-electron chi connectivity index (χ2n) is 9.47. The molecule has 31 heavy (non-hydrogen) atoms. The Bertz CT molecular complexity index is 1390.